The molecule has 0 amide bonds. The maximum absolute atomic E-state index is 11.3. The third-order valence-corrected chi connectivity index (χ3v) is 3.19. The maximum atomic E-state index is 11.3. The van der Waals surface area contributed by atoms with Gasteiger partial charge in [-0.3, -0.25) is 4.90 Å². The molecule has 0 aliphatic carbocycles. The molecule has 94 valence electrons. The first-order chi connectivity index (χ1) is 8.24. The molecule has 1 aliphatic heterocycles. The lowest BCUT2D eigenvalue weighted by Crippen LogP contribution is -2.42. The van der Waals surface area contributed by atoms with Gasteiger partial charge in [-0.2, -0.15) is 0 Å². The van der Waals surface area contributed by atoms with Crippen molar-refractivity contribution < 1.29 is 13.9 Å². The van der Waals surface area contributed by atoms with Crippen LogP contribution in [0.3, 0.4) is 0 Å². The van der Waals surface area contributed by atoms with Crippen molar-refractivity contribution in [2.24, 2.45) is 5.41 Å². The van der Waals surface area contributed by atoms with Crippen LogP contribution in [-0.4, -0.2) is 38.0 Å². The van der Waals surface area contributed by atoms with Crippen LogP contribution in [0.15, 0.2) is 22.8 Å². The smallest absolute Gasteiger partial charge is 0.129 e. The molecule has 1 atom stereocenters. The lowest BCUT2D eigenvalue weighted by molar-refractivity contribution is -0.125. The fourth-order valence-corrected chi connectivity index (χ4v) is 2.39. The molecule has 0 spiro atoms. The Hall–Kier alpha value is -1.13. The molecule has 0 radical (unpaired) electrons. The first-order valence-electron chi connectivity index (χ1n) is 5.99. The topological polar surface area (TPSA) is 42.7 Å². The van der Waals surface area contributed by atoms with Gasteiger partial charge in [-0.15, -0.1) is 0 Å². The van der Waals surface area contributed by atoms with E-state index in [2.05, 4.69) is 4.90 Å². The quantitative estimate of drug-likeness (QED) is 0.731. The van der Waals surface area contributed by atoms with Gasteiger partial charge in [0.25, 0.3) is 0 Å². The molecule has 4 nitrogen and oxygen atoms in total. The molecule has 1 aromatic heterocycles. The second kappa shape index (κ2) is 5.47. The summed E-state index contributed by atoms with van der Waals surface area (Å²) >= 11 is 0. The van der Waals surface area contributed by atoms with Crippen LogP contribution in [0.4, 0.5) is 0 Å². The zero-order valence-electron chi connectivity index (χ0n) is 10.2. The van der Waals surface area contributed by atoms with Crippen LogP contribution in [0.25, 0.3) is 0 Å². The lowest BCUT2D eigenvalue weighted by atomic mass is 9.83. The zero-order valence-corrected chi connectivity index (χ0v) is 10.2. The monoisotopic (exact) mass is 237 g/mol. The minimum absolute atomic E-state index is 0.334. The van der Waals surface area contributed by atoms with Gasteiger partial charge >= 0.3 is 0 Å². The number of hydrogen-bond donors (Lipinski definition) is 0. The highest BCUT2D eigenvalue weighted by molar-refractivity contribution is 5.60. The van der Waals surface area contributed by atoms with Crippen molar-refractivity contribution >= 4 is 6.29 Å². The summed E-state index contributed by atoms with van der Waals surface area (Å²) in [7, 11) is 2.00. The number of aldehydes is 1. The van der Waals surface area contributed by atoms with Gasteiger partial charge in [0.2, 0.25) is 0 Å². The molecule has 0 N–H and O–H groups in total. The maximum Gasteiger partial charge on any atom is 0.129 e. The van der Waals surface area contributed by atoms with E-state index in [0.717, 1.165) is 44.6 Å². The highest BCUT2D eigenvalue weighted by Gasteiger charge is 2.33. The van der Waals surface area contributed by atoms with Crippen molar-refractivity contribution in [2.75, 3.05) is 26.8 Å². The number of hydrogen-bond acceptors (Lipinski definition) is 4. The number of rotatable bonds is 5. The normalized spacial score (nSPS) is 25.1. The molecule has 1 aliphatic rings. The lowest BCUT2D eigenvalue weighted by Gasteiger charge is -2.35. The van der Waals surface area contributed by atoms with Gasteiger partial charge in [-0.25, -0.2) is 0 Å². The highest BCUT2D eigenvalue weighted by atomic mass is 16.5. The molecule has 17 heavy (non-hydrogen) atoms. The summed E-state index contributed by atoms with van der Waals surface area (Å²) in [5.41, 5.74) is -0.334. The van der Waals surface area contributed by atoms with Crippen LogP contribution in [0.5, 0.6) is 0 Å². The van der Waals surface area contributed by atoms with E-state index in [1.165, 1.54) is 0 Å². The first kappa shape index (κ1) is 12.3. The Morgan fingerprint density at radius 2 is 2.47 bits per heavy atom. The van der Waals surface area contributed by atoms with Crippen LogP contribution in [0.1, 0.15) is 18.6 Å². The van der Waals surface area contributed by atoms with Crippen molar-refractivity contribution in [3.8, 4) is 0 Å². The van der Waals surface area contributed by atoms with E-state index >= 15 is 0 Å². The summed E-state index contributed by atoms with van der Waals surface area (Å²) in [5.74, 6) is 0.922. The average Bonchev–Trinajstić information content (AvgIpc) is 2.83. The molecular weight excluding hydrogens is 218 g/mol. The van der Waals surface area contributed by atoms with E-state index in [1.807, 2.05) is 19.2 Å². The summed E-state index contributed by atoms with van der Waals surface area (Å²) in [6.45, 7) is 2.76. The Kier molecular flexibility index (Phi) is 3.97. The molecule has 0 aromatic carbocycles. The molecule has 1 unspecified atom stereocenters. The third-order valence-electron chi connectivity index (χ3n) is 3.19. The Bertz CT molecular complexity index is 342. The molecule has 1 saturated heterocycles. The summed E-state index contributed by atoms with van der Waals surface area (Å²) in [5, 5.41) is 0. The van der Waals surface area contributed by atoms with Crippen molar-refractivity contribution in [3.05, 3.63) is 24.2 Å². The largest absolute Gasteiger partial charge is 0.468 e. The Balaban J connectivity index is 1.91. The van der Waals surface area contributed by atoms with Crippen LogP contribution in [0.2, 0.25) is 0 Å². The predicted molar refractivity (Wildman–Crippen MR) is 63.6 cm³/mol. The van der Waals surface area contributed by atoms with Gasteiger partial charge in [-0.05, 0) is 32.0 Å². The van der Waals surface area contributed by atoms with Crippen LogP contribution in [0, 0.1) is 5.41 Å². The van der Waals surface area contributed by atoms with Gasteiger partial charge in [0.15, 0.2) is 0 Å². The summed E-state index contributed by atoms with van der Waals surface area (Å²) in [4.78, 5) is 13.4. The number of carbonyl (C=O) groups is 1. The van der Waals surface area contributed by atoms with Gasteiger partial charge in [0, 0.05) is 13.2 Å². The van der Waals surface area contributed by atoms with E-state index in [4.69, 9.17) is 9.15 Å². The Morgan fingerprint density at radius 3 is 3.06 bits per heavy atom. The molecule has 2 rings (SSSR count). The minimum atomic E-state index is -0.334. The van der Waals surface area contributed by atoms with E-state index < -0.39 is 0 Å². The molecular formula is C13H19NO3. The van der Waals surface area contributed by atoms with Crippen molar-refractivity contribution in [1.82, 2.24) is 4.90 Å². The van der Waals surface area contributed by atoms with Crippen LogP contribution in [-0.2, 0) is 16.1 Å². The fraction of sp³-hybridized carbons (Fsp3) is 0.615. The van der Waals surface area contributed by atoms with Gasteiger partial charge in [0.05, 0.1) is 24.8 Å². The summed E-state index contributed by atoms with van der Waals surface area (Å²) < 4.78 is 10.7. The van der Waals surface area contributed by atoms with Gasteiger partial charge in [-0.1, -0.05) is 0 Å². The summed E-state index contributed by atoms with van der Waals surface area (Å²) in [6.07, 6.45) is 4.61. The number of nitrogens with zero attached hydrogens (tertiary/aromatic N) is 1. The van der Waals surface area contributed by atoms with Crippen molar-refractivity contribution in [2.45, 2.75) is 19.4 Å². The minimum Gasteiger partial charge on any atom is -0.468 e. The van der Waals surface area contributed by atoms with E-state index in [1.54, 1.807) is 6.26 Å². The van der Waals surface area contributed by atoms with Crippen LogP contribution < -0.4 is 0 Å². The zero-order chi connectivity index (χ0) is 12.1. The predicted octanol–water partition coefficient (Wildman–Crippen LogP) is 1.71. The third kappa shape index (κ3) is 3.17. The highest BCUT2D eigenvalue weighted by Crippen LogP contribution is 2.27. The molecule has 1 fully saturated rings. The van der Waals surface area contributed by atoms with Crippen molar-refractivity contribution in [3.63, 3.8) is 0 Å². The second-order valence-corrected chi connectivity index (χ2v) is 4.89. The van der Waals surface area contributed by atoms with Crippen molar-refractivity contribution in [1.29, 1.82) is 0 Å². The molecule has 1 aromatic rings. The van der Waals surface area contributed by atoms with Gasteiger partial charge in [0.1, 0.15) is 12.0 Å². The van der Waals surface area contributed by atoms with E-state index in [9.17, 15) is 4.79 Å². The SMILES string of the molecule is CN(Cc1ccco1)CC1(C=O)CCCOC1. The standard InChI is InChI=1S/C13H19NO3/c1-14(8-12-4-2-7-17-12)9-13(10-15)5-3-6-16-11-13/h2,4,7,10H,3,5-6,8-9,11H2,1H3. The molecule has 0 saturated carbocycles. The molecule has 4 heteroatoms. The number of ether oxygens (including phenoxy) is 1. The van der Waals surface area contributed by atoms with E-state index in [0.29, 0.717) is 6.61 Å². The Morgan fingerprint density at radius 1 is 1.59 bits per heavy atom. The van der Waals surface area contributed by atoms with Gasteiger partial charge < -0.3 is 13.9 Å². The average molecular weight is 237 g/mol. The second-order valence-electron chi connectivity index (χ2n) is 4.89. The Labute approximate surface area is 102 Å². The molecule has 2 heterocycles. The first-order valence-corrected chi connectivity index (χ1v) is 5.99. The number of furan rings is 1. The number of carbonyl (C=O) groups excluding carboxylic acids is 1. The van der Waals surface area contributed by atoms with E-state index in [-0.39, 0.29) is 5.41 Å². The van der Waals surface area contributed by atoms with Crippen LogP contribution >= 0.6 is 0 Å². The molecule has 0 bridgehead atoms. The summed E-state index contributed by atoms with van der Waals surface area (Å²) in [6, 6.07) is 3.82. The fourth-order valence-electron chi connectivity index (χ4n) is 2.39.